The van der Waals surface area contributed by atoms with Crippen LogP contribution in [0.15, 0.2) is 157 Å². The van der Waals surface area contributed by atoms with Gasteiger partial charge in [0.15, 0.2) is 0 Å². The zero-order valence-electron chi connectivity index (χ0n) is 30.2. The molecule has 0 N–H and O–H groups in total. The second-order valence-corrected chi connectivity index (χ2v) is 14.6. The molecule has 2 nitrogen and oxygen atoms in total. The van der Waals surface area contributed by atoms with Crippen LogP contribution in [0.1, 0.15) is 73.3 Å². The van der Waals surface area contributed by atoms with Crippen molar-refractivity contribution in [2.24, 2.45) is 0 Å². The van der Waals surface area contributed by atoms with E-state index in [9.17, 15) is 0 Å². The summed E-state index contributed by atoms with van der Waals surface area (Å²) >= 11 is 0. The molecule has 0 radical (unpaired) electrons. The molecule has 0 aromatic heterocycles. The van der Waals surface area contributed by atoms with E-state index >= 15 is 0 Å². The molecule has 0 bridgehead atoms. The highest BCUT2D eigenvalue weighted by Gasteiger charge is 2.34. The molecule has 0 aliphatic heterocycles. The Labute approximate surface area is 300 Å². The van der Waals surface area contributed by atoms with Crippen LogP contribution in [0.5, 0.6) is 0 Å². The molecular formula is C48H50N2. The molecule has 0 unspecified atom stereocenters. The highest BCUT2D eigenvalue weighted by molar-refractivity contribution is 5.77. The predicted octanol–water partition coefficient (Wildman–Crippen LogP) is 13.5. The monoisotopic (exact) mass is 654 g/mol. The van der Waals surface area contributed by atoms with Crippen LogP contribution in [0.3, 0.4) is 0 Å². The fourth-order valence-electron chi connectivity index (χ4n) is 7.76. The van der Waals surface area contributed by atoms with Gasteiger partial charge in [-0.15, -0.1) is 0 Å². The van der Waals surface area contributed by atoms with Crippen LogP contribution in [-0.4, -0.2) is 0 Å². The maximum Gasteiger partial charge on any atom is 0.0461 e. The standard InChI is InChI=1S/C48H50N2/c1-36-9-8-10-42(22-11-36)49(43-23-12-37(2)13-24-43)47-31-20-41(21-32-47)48(33-6-5-7-34-48)35-40-18-29-46(30-19-40)50(44-25-14-38(3)15-26-44)45-27-16-39(4)17-28-45/h8,10-32H,5-7,9,33-35H2,1-4H3. The Hall–Kier alpha value is -5.08. The minimum Gasteiger partial charge on any atom is -0.311 e. The van der Waals surface area contributed by atoms with Crippen LogP contribution < -0.4 is 9.80 Å². The van der Waals surface area contributed by atoms with E-state index in [1.807, 2.05) is 0 Å². The Balaban J connectivity index is 1.19. The molecule has 0 saturated heterocycles. The summed E-state index contributed by atoms with van der Waals surface area (Å²) in [6, 6.07) is 45.5. The summed E-state index contributed by atoms with van der Waals surface area (Å²) in [5.74, 6) is 0. The minimum atomic E-state index is 0.141. The van der Waals surface area contributed by atoms with Gasteiger partial charge >= 0.3 is 0 Å². The Kier molecular flexibility index (Phi) is 9.90. The predicted molar refractivity (Wildman–Crippen MR) is 214 cm³/mol. The number of hydrogen-bond acceptors (Lipinski definition) is 2. The lowest BCUT2D eigenvalue weighted by atomic mass is 9.66. The van der Waals surface area contributed by atoms with Gasteiger partial charge in [-0.3, -0.25) is 0 Å². The molecule has 0 atom stereocenters. The zero-order valence-corrected chi connectivity index (χ0v) is 30.2. The quantitative estimate of drug-likeness (QED) is 0.156. The third-order valence-corrected chi connectivity index (χ3v) is 10.7. The molecule has 252 valence electrons. The van der Waals surface area contributed by atoms with Gasteiger partial charge in [-0.05, 0) is 143 Å². The summed E-state index contributed by atoms with van der Waals surface area (Å²) in [5.41, 5.74) is 15.3. The molecule has 2 heteroatoms. The Morgan fingerprint density at radius 2 is 0.920 bits per heavy atom. The molecule has 0 heterocycles. The minimum absolute atomic E-state index is 0.141. The third-order valence-electron chi connectivity index (χ3n) is 10.7. The van der Waals surface area contributed by atoms with E-state index in [0.717, 1.165) is 12.8 Å². The van der Waals surface area contributed by atoms with Crippen LogP contribution in [-0.2, 0) is 11.8 Å². The van der Waals surface area contributed by atoms with Crippen molar-refractivity contribution < 1.29 is 0 Å². The SMILES string of the molecule is CC1=CC=C(N(c2ccc(C)cc2)c2ccc(C3(Cc4ccc(N(c5ccc(C)cc5)c5ccc(C)cc5)cc4)CCCCC3)cc2)C=CC1. The summed E-state index contributed by atoms with van der Waals surface area (Å²) in [6.07, 6.45) is 17.5. The van der Waals surface area contributed by atoms with Crippen molar-refractivity contribution in [3.63, 3.8) is 0 Å². The molecular weight excluding hydrogens is 605 g/mol. The lowest BCUT2D eigenvalue weighted by Crippen LogP contribution is -2.31. The summed E-state index contributed by atoms with van der Waals surface area (Å²) in [5, 5.41) is 0. The van der Waals surface area contributed by atoms with E-state index < -0.39 is 0 Å². The largest absolute Gasteiger partial charge is 0.311 e. The number of allylic oxidation sites excluding steroid dienone is 5. The lowest BCUT2D eigenvalue weighted by molar-refractivity contribution is 0.290. The van der Waals surface area contributed by atoms with Gasteiger partial charge in [-0.25, -0.2) is 0 Å². The first kappa shape index (κ1) is 33.4. The molecule has 1 fully saturated rings. The van der Waals surface area contributed by atoms with E-state index in [4.69, 9.17) is 0 Å². The van der Waals surface area contributed by atoms with Gasteiger partial charge in [0.1, 0.15) is 0 Å². The third kappa shape index (κ3) is 7.41. The van der Waals surface area contributed by atoms with Gasteiger partial charge in [0.25, 0.3) is 0 Å². The van der Waals surface area contributed by atoms with Crippen LogP contribution >= 0.6 is 0 Å². The maximum absolute atomic E-state index is 2.43. The first-order valence-electron chi connectivity index (χ1n) is 18.4. The van der Waals surface area contributed by atoms with E-state index in [0.29, 0.717) is 0 Å². The van der Waals surface area contributed by atoms with Crippen molar-refractivity contribution in [2.45, 2.75) is 78.1 Å². The van der Waals surface area contributed by atoms with Gasteiger partial charge in [-0.1, -0.05) is 114 Å². The summed E-state index contributed by atoms with van der Waals surface area (Å²) in [6.45, 7) is 8.65. The molecule has 0 spiro atoms. The highest BCUT2D eigenvalue weighted by atomic mass is 15.1. The number of aryl methyl sites for hydroxylation is 3. The van der Waals surface area contributed by atoms with Crippen molar-refractivity contribution in [3.05, 3.63) is 185 Å². The molecule has 1 saturated carbocycles. The van der Waals surface area contributed by atoms with Crippen molar-refractivity contribution in [3.8, 4) is 0 Å². The maximum atomic E-state index is 2.43. The van der Waals surface area contributed by atoms with Gasteiger partial charge in [0.2, 0.25) is 0 Å². The van der Waals surface area contributed by atoms with Gasteiger partial charge in [0.05, 0.1) is 0 Å². The van der Waals surface area contributed by atoms with E-state index in [1.165, 1.54) is 99.6 Å². The zero-order chi connectivity index (χ0) is 34.5. The van der Waals surface area contributed by atoms with E-state index in [2.05, 4.69) is 183 Å². The molecule has 2 aliphatic rings. The average Bonchev–Trinajstić information content (AvgIpc) is 3.36. The first-order chi connectivity index (χ1) is 24.4. The molecule has 2 aliphatic carbocycles. The number of nitrogens with zero attached hydrogens (tertiary/aromatic N) is 2. The molecule has 50 heavy (non-hydrogen) atoms. The van der Waals surface area contributed by atoms with Crippen molar-refractivity contribution in [2.75, 3.05) is 9.80 Å². The normalized spacial score (nSPS) is 15.5. The number of anilines is 5. The highest BCUT2D eigenvalue weighted by Crippen LogP contribution is 2.44. The fraction of sp³-hybridized carbons (Fsp3) is 0.250. The van der Waals surface area contributed by atoms with Crippen LogP contribution in [0.2, 0.25) is 0 Å². The first-order valence-corrected chi connectivity index (χ1v) is 18.4. The second kappa shape index (κ2) is 14.8. The van der Waals surface area contributed by atoms with Crippen LogP contribution in [0, 0.1) is 20.8 Å². The fourth-order valence-corrected chi connectivity index (χ4v) is 7.76. The molecule has 5 aromatic carbocycles. The molecule has 5 aromatic rings. The van der Waals surface area contributed by atoms with Crippen molar-refractivity contribution in [1.82, 2.24) is 0 Å². The van der Waals surface area contributed by atoms with Gasteiger partial charge < -0.3 is 9.80 Å². The number of hydrogen-bond donors (Lipinski definition) is 0. The lowest BCUT2D eigenvalue weighted by Gasteiger charge is -2.39. The number of rotatable bonds is 9. The number of benzene rings is 5. The summed E-state index contributed by atoms with van der Waals surface area (Å²) in [4.78, 5) is 4.77. The molecule has 7 rings (SSSR count). The smallest absolute Gasteiger partial charge is 0.0461 e. The van der Waals surface area contributed by atoms with Gasteiger partial charge in [-0.2, -0.15) is 0 Å². The summed E-state index contributed by atoms with van der Waals surface area (Å²) < 4.78 is 0. The van der Waals surface area contributed by atoms with Gasteiger partial charge in [0, 0.05) is 34.1 Å². The Bertz CT molecular complexity index is 1920. The Morgan fingerprint density at radius 1 is 0.480 bits per heavy atom. The topological polar surface area (TPSA) is 6.48 Å². The van der Waals surface area contributed by atoms with Crippen molar-refractivity contribution in [1.29, 1.82) is 0 Å². The van der Waals surface area contributed by atoms with E-state index in [-0.39, 0.29) is 5.41 Å². The van der Waals surface area contributed by atoms with Crippen molar-refractivity contribution >= 4 is 28.4 Å². The average molecular weight is 655 g/mol. The van der Waals surface area contributed by atoms with Crippen LogP contribution in [0.4, 0.5) is 28.4 Å². The van der Waals surface area contributed by atoms with Crippen LogP contribution in [0.25, 0.3) is 0 Å². The second-order valence-electron chi connectivity index (χ2n) is 14.6. The molecule has 0 amide bonds. The van der Waals surface area contributed by atoms with E-state index in [1.54, 1.807) is 0 Å². The Morgan fingerprint density at radius 3 is 1.42 bits per heavy atom. The summed E-state index contributed by atoms with van der Waals surface area (Å²) in [7, 11) is 0.